The minimum atomic E-state index is -0.0789. The van der Waals surface area contributed by atoms with Crippen LogP contribution < -0.4 is 5.32 Å². The smallest absolute Gasteiger partial charge is 0.256 e. The van der Waals surface area contributed by atoms with E-state index in [4.69, 9.17) is 16.6 Å². The fourth-order valence-electron chi connectivity index (χ4n) is 4.61. The Kier molecular flexibility index (Phi) is 5.83. The second-order valence-corrected chi connectivity index (χ2v) is 9.15. The number of hydrogen-bond donors (Lipinski definition) is 1. The predicted molar refractivity (Wildman–Crippen MR) is 120 cm³/mol. The molecule has 0 bridgehead atoms. The Morgan fingerprint density at radius 3 is 2.83 bits per heavy atom. The van der Waals surface area contributed by atoms with Gasteiger partial charge in [0.15, 0.2) is 5.65 Å². The van der Waals surface area contributed by atoms with Crippen LogP contribution in [0.3, 0.4) is 0 Å². The molecule has 1 aromatic carbocycles. The Morgan fingerprint density at radius 1 is 1.27 bits per heavy atom. The van der Waals surface area contributed by atoms with Crippen molar-refractivity contribution in [3.63, 3.8) is 0 Å². The van der Waals surface area contributed by atoms with E-state index in [-0.39, 0.29) is 11.9 Å². The molecule has 158 valence electrons. The number of amides is 1. The monoisotopic (exact) mass is 424 g/mol. The number of halogens is 1. The maximum absolute atomic E-state index is 13.1. The summed E-state index contributed by atoms with van der Waals surface area (Å²) in [7, 11) is 0. The molecule has 1 saturated carbocycles. The van der Waals surface area contributed by atoms with Gasteiger partial charge in [0.05, 0.1) is 6.20 Å². The first-order valence-electron chi connectivity index (χ1n) is 10.7. The van der Waals surface area contributed by atoms with Crippen LogP contribution >= 0.6 is 11.6 Å². The largest absolute Gasteiger partial charge is 0.349 e. The minimum absolute atomic E-state index is 0.0789. The molecule has 3 atom stereocenters. The maximum atomic E-state index is 13.1. The van der Waals surface area contributed by atoms with Gasteiger partial charge in [-0.15, -0.1) is 0 Å². The van der Waals surface area contributed by atoms with Crippen molar-refractivity contribution in [2.75, 3.05) is 0 Å². The molecule has 2 aromatic heterocycles. The van der Waals surface area contributed by atoms with E-state index in [2.05, 4.69) is 30.3 Å². The van der Waals surface area contributed by atoms with Gasteiger partial charge in [0.25, 0.3) is 5.91 Å². The first kappa shape index (κ1) is 20.9. The summed E-state index contributed by atoms with van der Waals surface area (Å²) in [5, 5.41) is 8.46. The van der Waals surface area contributed by atoms with Gasteiger partial charge in [0.1, 0.15) is 5.56 Å². The third-order valence-corrected chi connectivity index (χ3v) is 6.98. The molecule has 2 heterocycles. The van der Waals surface area contributed by atoms with Crippen LogP contribution in [0, 0.1) is 25.7 Å². The van der Waals surface area contributed by atoms with Gasteiger partial charge in [-0.25, -0.2) is 9.50 Å². The Hall–Kier alpha value is -2.40. The van der Waals surface area contributed by atoms with Crippen molar-refractivity contribution in [3.05, 3.63) is 63.6 Å². The number of benzene rings is 1. The van der Waals surface area contributed by atoms with Gasteiger partial charge in [0.2, 0.25) is 0 Å². The summed E-state index contributed by atoms with van der Waals surface area (Å²) in [4.78, 5) is 17.8. The fraction of sp³-hybridized carbons (Fsp3) is 0.458. The van der Waals surface area contributed by atoms with Gasteiger partial charge in [0, 0.05) is 28.9 Å². The van der Waals surface area contributed by atoms with Crippen molar-refractivity contribution in [1.29, 1.82) is 0 Å². The van der Waals surface area contributed by atoms with E-state index in [0.717, 1.165) is 46.8 Å². The number of nitrogens with one attached hydrogen (secondary N) is 1. The van der Waals surface area contributed by atoms with E-state index in [0.29, 0.717) is 23.0 Å². The van der Waals surface area contributed by atoms with Crippen LogP contribution in [-0.4, -0.2) is 26.5 Å². The lowest BCUT2D eigenvalue weighted by atomic mass is 9.78. The van der Waals surface area contributed by atoms with Gasteiger partial charge in [-0.3, -0.25) is 4.79 Å². The number of carbonyl (C=O) groups is 1. The Labute approximate surface area is 182 Å². The SMILES string of the molecule is Cc1nc2c(C(=O)N[C@@H]3CCC[C@@H](C)[C@@H]3C)cnn2c(C)c1Cc1cccc(Cl)c1. The molecule has 6 heteroatoms. The molecule has 1 aliphatic rings. The lowest BCUT2D eigenvalue weighted by Gasteiger charge is -2.34. The quantitative estimate of drug-likeness (QED) is 0.630. The lowest BCUT2D eigenvalue weighted by Crippen LogP contribution is -2.43. The van der Waals surface area contributed by atoms with Crippen LogP contribution in [0.2, 0.25) is 5.02 Å². The van der Waals surface area contributed by atoms with E-state index >= 15 is 0 Å². The van der Waals surface area contributed by atoms with E-state index in [9.17, 15) is 4.79 Å². The zero-order chi connectivity index (χ0) is 21.4. The summed E-state index contributed by atoms with van der Waals surface area (Å²) in [6.45, 7) is 8.53. The Bertz CT molecular complexity index is 1090. The van der Waals surface area contributed by atoms with Crippen molar-refractivity contribution < 1.29 is 4.79 Å². The second kappa shape index (κ2) is 8.38. The summed E-state index contributed by atoms with van der Waals surface area (Å²) >= 11 is 6.15. The van der Waals surface area contributed by atoms with E-state index < -0.39 is 0 Å². The van der Waals surface area contributed by atoms with E-state index in [1.165, 1.54) is 6.42 Å². The average molecular weight is 425 g/mol. The molecule has 0 spiro atoms. The van der Waals surface area contributed by atoms with Gasteiger partial charge >= 0.3 is 0 Å². The van der Waals surface area contributed by atoms with Crippen molar-refractivity contribution in [1.82, 2.24) is 19.9 Å². The second-order valence-electron chi connectivity index (χ2n) is 8.71. The highest BCUT2D eigenvalue weighted by Gasteiger charge is 2.29. The highest BCUT2D eigenvalue weighted by atomic mass is 35.5. The molecular formula is C24H29ClN4O. The standard InChI is InChI=1S/C24H29ClN4O/c1-14-7-5-10-22(15(14)2)28-24(30)21-13-26-29-17(4)20(16(3)27-23(21)29)12-18-8-6-9-19(25)11-18/h6,8-9,11,13-15,22H,5,7,10,12H2,1-4H3,(H,28,30)/t14-,15+,22-/m1/s1. The molecule has 0 saturated heterocycles. The molecule has 5 nitrogen and oxygen atoms in total. The molecular weight excluding hydrogens is 396 g/mol. The predicted octanol–water partition coefficient (Wildman–Crippen LogP) is 5.14. The van der Waals surface area contributed by atoms with E-state index in [1.54, 1.807) is 10.7 Å². The van der Waals surface area contributed by atoms with Gasteiger partial charge in [-0.2, -0.15) is 5.10 Å². The molecule has 1 aliphatic carbocycles. The summed E-state index contributed by atoms with van der Waals surface area (Å²) in [5.41, 5.74) is 5.30. The summed E-state index contributed by atoms with van der Waals surface area (Å²) in [6.07, 6.45) is 5.80. The molecule has 0 radical (unpaired) electrons. The number of nitrogens with zero attached hydrogens (tertiary/aromatic N) is 3. The Balaban J connectivity index is 1.63. The summed E-state index contributed by atoms with van der Waals surface area (Å²) < 4.78 is 1.79. The first-order chi connectivity index (χ1) is 14.3. The molecule has 1 fully saturated rings. The lowest BCUT2D eigenvalue weighted by molar-refractivity contribution is 0.0892. The molecule has 1 N–H and O–H groups in total. The van der Waals surface area contributed by atoms with Gasteiger partial charge in [-0.05, 0) is 55.4 Å². The number of carbonyl (C=O) groups excluding carboxylic acids is 1. The van der Waals surface area contributed by atoms with Crippen molar-refractivity contribution >= 4 is 23.2 Å². The molecule has 3 aromatic rings. The minimum Gasteiger partial charge on any atom is -0.349 e. The normalized spacial score (nSPS) is 21.7. The van der Waals surface area contributed by atoms with Crippen LogP contribution in [0.15, 0.2) is 30.5 Å². The zero-order valence-corrected chi connectivity index (χ0v) is 18.8. The van der Waals surface area contributed by atoms with Crippen LogP contribution in [0.1, 0.15) is 66.0 Å². The topological polar surface area (TPSA) is 59.3 Å². The molecule has 1 amide bonds. The summed E-state index contributed by atoms with van der Waals surface area (Å²) in [6, 6.07) is 8.07. The number of aryl methyl sites for hydroxylation is 2. The number of aromatic nitrogens is 3. The van der Waals surface area contributed by atoms with Crippen molar-refractivity contribution in [2.24, 2.45) is 11.8 Å². The Morgan fingerprint density at radius 2 is 2.07 bits per heavy atom. The highest BCUT2D eigenvalue weighted by molar-refractivity contribution is 6.30. The van der Waals surface area contributed by atoms with Crippen molar-refractivity contribution in [3.8, 4) is 0 Å². The van der Waals surface area contributed by atoms with Crippen molar-refractivity contribution in [2.45, 2.75) is 59.4 Å². The van der Waals surface area contributed by atoms with Crippen LogP contribution in [-0.2, 0) is 6.42 Å². The third-order valence-electron chi connectivity index (χ3n) is 6.75. The molecule has 4 rings (SSSR count). The van der Waals surface area contributed by atoms with Gasteiger partial charge in [-0.1, -0.05) is 50.4 Å². The number of hydrogen-bond acceptors (Lipinski definition) is 3. The summed E-state index contributed by atoms with van der Waals surface area (Å²) in [5.74, 6) is 1.03. The van der Waals surface area contributed by atoms with Crippen LogP contribution in [0.25, 0.3) is 5.65 Å². The van der Waals surface area contributed by atoms with E-state index in [1.807, 2.05) is 32.0 Å². The molecule has 0 aliphatic heterocycles. The fourth-order valence-corrected chi connectivity index (χ4v) is 4.82. The zero-order valence-electron chi connectivity index (χ0n) is 18.1. The van der Waals surface area contributed by atoms with Crippen LogP contribution in [0.5, 0.6) is 0 Å². The highest BCUT2D eigenvalue weighted by Crippen LogP contribution is 2.30. The maximum Gasteiger partial charge on any atom is 0.256 e. The third kappa shape index (κ3) is 3.95. The number of fused-ring (bicyclic) bond motifs is 1. The average Bonchev–Trinajstić information content (AvgIpc) is 3.13. The first-order valence-corrected chi connectivity index (χ1v) is 11.1. The van der Waals surface area contributed by atoms with Crippen LogP contribution in [0.4, 0.5) is 0 Å². The van der Waals surface area contributed by atoms with Gasteiger partial charge < -0.3 is 5.32 Å². The number of rotatable bonds is 4. The molecule has 30 heavy (non-hydrogen) atoms. The molecule has 0 unspecified atom stereocenters.